The predicted molar refractivity (Wildman–Crippen MR) is 128 cm³/mol. The molecule has 0 spiro atoms. The maximum Gasteiger partial charge on any atom is 0.288 e. The van der Waals surface area contributed by atoms with Crippen molar-refractivity contribution in [2.75, 3.05) is 13.6 Å². The second-order valence-electron chi connectivity index (χ2n) is 8.64. The second kappa shape index (κ2) is 10.3. The molecule has 0 heterocycles. The highest BCUT2D eigenvalue weighted by Crippen LogP contribution is 2.37. The zero-order chi connectivity index (χ0) is 25.0. The summed E-state index contributed by atoms with van der Waals surface area (Å²) in [6.07, 6.45) is 0.419. The van der Waals surface area contributed by atoms with Crippen molar-refractivity contribution in [3.8, 4) is 0 Å². The molecule has 1 aliphatic rings. The average Bonchev–Trinajstić information content (AvgIpc) is 3.11. The normalized spacial score (nSPS) is 16.4. The highest BCUT2D eigenvalue weighted by molar-refractivity contribution is 6.36. The summed E-state index contributed by atoms with van der Waals surface area (Å²) in [7, 11) is 1.71. The Labute approximate surface area is 197 Å². The number of amides is 1. The largest absolute Gasteiger partial charge is 0.370 e. The van der Waals surface area contributed by atoms with Gasteiger partial charge >= 0.3 is 0 Å². The Morgan fingerprint density at radius 2 is 1.88 bits per heavy atom. The van der Waals surface area contributed by atoms with Crippen molar-refractivity contribution in [2.45, 2.75) is 32.4 Å². The lowest BCUT2D eigenvalue weighted by Crippen LogP contribution is -2.38. The molecule has 3 rings (SSSR count). The summed E-state index contributed by atoms with van der Waals surface area (Å²) in [6.45, 7) is 2.33. The molecule has 0 radical (unpaired) electrons. The molecule has 0 aliphatic heterocycles. The number of carbonyl (C=O) groups is 2. The lowest BCUT2D eigenvalue weighted by atomic mass is 9.98. The van der Waals surface area contributed by atoms with E-state index in [1.54, 1.807) is 31.0 Å². The van der Waals surface area contributed by atoms with E-state index < -0.39 is 23.5 Å². The van der Waals surface area contributed by atoms with Crippen LogP contribution < -0.4 is 22.5 Å². The van der Waals surface area contributed by atoms with Gasteiger partial charge in [-0.2, -0.15) is 0 Å². The molecule has 1 amide bonds. The second-order valence-corrected chi connectivity index (χ2v) is 8.64. The van der Waals surface area contributed by atoms with Crippen LogP contribution in [0.3, 0.4) is 0 Å². The summed E-state index contributed by atoms with van der Waals surface area (Å²) in [4.78, 5) is 31.1. The fourth-order valence-corrected chi connectivity index (χ4v) is 4.05. The number of carbonyl (C=O) groups excluding carboxylic acids is 2. The lowest BCUT2D eigenvalue weighted by Gasteiger charge is -2.22. The number of nitrogens with one attached hydrogen (secondary N) is 2. The first kappa shape index (κ1) is 24.7. The number of rotatable bonds is 8. The molecule has 0 fully saturated rings. The molecule has 1 aliphatic carbocycles. The van der Waals surface area contributed by atoms with Crippen LogP contribution in [0, 0.1) is 24.1 Å². The summed E-state index contributed by atoms with van der Waals surface area (Å²) in [5.74, 6) is -2.09. The third-order valence-electron chi connectivity index (χ3n) is 5.98. The number of halogens is 1. The summed E-state index contributed by atoms with van der Waals surface area (Å²) >= 11 is 0. The topological polar surface area (TPSA) is 164 Å². The van der Waals surface area contributed by atoms with Crippen LogP contribution in [-0.4, -0.2) is 42.1 Å². The van der Waals surface area contributed by atoms with E-state index in [9.17, 15) is 14.0 Å². The number of fused-ring (bicyclic) bond motifs is 1. The molecule has 2 atom stereocenters. The van der Waals surface area contributed by atoms with Gasteiger partial charge in [-0.3, -0.25) is 20.0 Å². The van der Waals surface area contributed by atoms with Crippen LogP contribution in [0.15, 0.2) is 41.4 Å². The van der Waals surface area contributed by atoms with Crippen LogP contribution in [0.2, 0.25) is 0 Å². The zero-order valence-electron chi connectivity index (χ0n) is 19.3. The standard InChI is InChI=1S/C24H30FN7O2/c1-13-3-4-14(8-19(13)25)9-20(33)22(34)31-21-17(11-30-23(26)27)10-16-6-5-15(7-18(16)21)12-32(2)24(28)29/h3-8,17,21H,9-12H2,1-2H3,(H3,28,29)(H,31,34)(H4,26,27,30)/t17-,21-/m1/s1. The molecule has 0 bridgehead atoms. The van der Waals surface area contributed by atoms with E-state index in [2.05, 4.69) is 10.3 Å². The highest BCUT2D eigenvalue weighted by Gasteiger charge is 2.35. The Balaban J connectivity index is 1.81. The van der Waals surface area contributed by atoms with Crippen LogP contribution in [0.1, 0.15) is 33.9 Å². The highest BCUT2D eigenvalue weighted by atomic mass is 19.1. The molecule has 0 saturated carbocycles. The molecule has 2 aromatic carbocycles. The summed E-state index contributed by atoms with van der Waals surface area (Å²) in [6, 6.07) is 9.84. The number of nitrogens with zero attached hydrogens (tertiary/aromatic N) is 2. The number of aryl methyl sites for hydroxylation is 1. The minimum Gasteiger partial charge on any atom is -0.370 e. The molecular weight excluding hydrogens is 437 g/mol. The van der Waals surface area contributed by atoms with Gasteiger partial charge in [0.05, 0.1) is 6.04 Å². The number of hydrogen-bond donors (Lipinski definition) is 5. The van der Waals surface area contributed by atoms with Crippen molar-refractivity contribution in [3.05, 3.63) is 70.0 Å². The molecular formula is C24H30FN7O2. The number of hydrogen-bond acceptors (Lipinski definition) is 4. The van der Waals surface area contributed by atoms with Gasteiger partial charge < -0.3 is 27.4 Å². The Morgan fingerprint density at radius 3 is 2.53 bits per heavy atom. The molecule has 2 aromatic rings. The Morgan fingerprint density at radius 1 is 1.18 bits per heavy atom. The third-order valence-corrected chi connectivity index (χ3v) is 5.98. The molecule has 0 saturated heterocycles. The maximum absolute atomic E-state index is 13.8. The first-order chi connectivity index (χ1) is 16.0. The number of ketones is 1. The van der Waals surface area contributed by atoms with E-state index >= 15 is 0 Å². The molecule has 0 unspecified atom stereocenters. The maximum atomic E-state index is 13.8. The monoisotopic (exact) mass is 467 g/mol. The fraction of sp³-hybridized carbons (Fsp3) is 0.333. The van der Waals surface area contributed by atoms with Gasteiger partial charge in [0, 0.05) is 32.5 Å². The zero-order valence-corrected chi connectivity index (χ0v) is 19.3. The van der Waals surface area contributed by atoms with Crippen molar-refractivity contribution >= 4 is 23.6 Å². The number of benzene rings is 2. The quantitative estimate of drug-likeness (QED) is 0.220. The molecule has 10 heteroatoms. The molecule has 0 aromatic heterocycles. The van der Waals surface area contributed by atoms with Crippen LogP contribution in [0.25, 0.3) is 0 Å². The van der Waals surface area contributed by atoms with Crippen molar-refractivity contribution in [2.24, 2.45) is 28.1 Å². The first-order valence-corrected chi connectivity index (χ1v) is 10.9. The smallest absolute Gasteiger partial charge is 0.288 e. The Kier molecular flexibility index (Phi) is 7.50. The molecule has 9 nitrogen and oxygen atoms in total. The van der Waals surface area contributed by atoms with Crippen LogP contribution >= 0.6 is 0 Å². The van der Waals surface area contributed by atoms with Gasteiger partial charge in [-0.05, 0) is 47.2 Å². The van der Waals surface area contributed by atoms with Gasteiger partial charge in [-0.1, -0.05) is 30.3 Å². The van der Waals surface area contributed by atoms with Gasteiger partial charge in [0.15, 0.2) is 11.9 Å². The Bertz CT molecular complexity index is 1140. The SMILES string of the molecule is Cc1ccc(CC(=O)C(=O)N[C@H]2c3cc(CN(C)C(=N)N)ccc3C[C@@H]2CN=C(N)N)cc1F. The number of Topliss-reactive ketones (excluding diaryl/α,β-unsaturated/α-hetero) is 1. The number of aliphatic imine (C=N–C) groups is 1. The van der Waals surface area contributed by atoms with Crippen molar-refractivity contribution < 1.29 is 14.0 Å². The van der Waals surface area contributed by atoms with E-state index in [0.29, 0.717) is 24.1 Å². The van der Waals surface area contributed by atoms with Gasteiger partial charge in [0.2, 0.25) is 5.78 Å². The van der Waals surface area contributed by atoms with Crippen molar-refractivity contribution in [3.63, 3.8) is 0 Å². The third kappa shape index (κ3) is 5.89. The van der Waals surface area contributed by atoms with Gasteiger partial charge in [0.25, 0.3) is 5.91 Å². The van der Waals surface area contributed by atoms with Gasteiger partial charge in [-0.15, -0.1) is 0 Å². The lowest BCUT2D eigenvalue weighted by molar-refractivity contribution is -0.138. The average molecular weight is 468 g/mol. The molecule has 34 heavy (non-hydrogen) atoms. The van der Waals surface area contributed by atoms with Crippen LogP contribution in [0.5, 0.6) is 0 Å². The first-order valence-electron chi connectivity index (χ1n) is 10.9. The minimum atomic E-state index is -0.750. The minimum absolute atomic E-state index is 0.0534. The number of guanidine groups is 2. The van der Waals surface area contributed by atoms with Gasteiger partial charge in [-0.25, -0.2) is 4.39 Å². The fourth-order valence-electron chi connectivity index (χ4n) is 4.05. The van der Waals surface area contributed by atoms with Crippen molar-refractivity contribution in [1.82, 2.24) is 10.2 Å². The summed E-state index contributed by atoms with van der Waals surface area (Å²) in [5.41, 5.74) is 20.2. The van der Waals surface area contributed by atoms with E-state index in [1.165, 1.54) is 6.07 Å². The summed E-state index contributed by atoms with van der Waals surface area (Å²) < 4.78 is 13.8. The summed E-state index contributed by atoms with van der Waals surface area (Å²) in [5, 5.41) is 10.4. The van der Waals surface area contributed by atoms with E-state index in [1.807, 2.05) is 18.2 Å². The van der Waals surface area contributed by atoms with E-state index in [-0.39, 0.29) is 30.8 Å². The van der Waals surface area contributed by atoms with Gasteiger partial charge in [0.1, 0.15) is 5.82 Å². The number of nitrogens with two attached hydrogens (primary N) is 3. The predicted octanol–water partition coefficient (Wildman–Crippen LogP) is 0.874. The molecule has 8 N–H and O–H groups in total. The van der Waals surface area contributed by atoms with Crippen molar-refractivity contribution in [1.29, 1.82) is 5.41 Å². The Hall–Kier alpha value is -3.95. The van der Waals surface area contributed by atoms with Crippen LogP contribution in [-0.2, 0) is 29.0 Å². The molecule has 180 valence electrons. The van der Waals surface area contributed by atoms with Crippen LogP contribution in [0.4, 0.5) is 4.39 Å². The van der Waals surface area contributed by atoms with E-state index in [4.69, 9.17) is 22.6 Å². The van der Waals surface area contributed by atoms with E-state index in [0.717, 1.165) is 16.7 Å².